The van der Waals surface area contributed by atoms with Gasteiger partial charge in [-0.05, 0) is 44.8 Å². The number of aryl methyl sites for hydroxylation is 2. The van der Waals surface area contributed by atoms with Gasteiger partial charge < -0.3 is 35.9 Å². The Morgan fingerprint density at radius 1 is 1.26 bits per heavy atom. The molecule has 4 rings (SSSR count). The lowest BCUT2D eigenvalue weighted by Crippen LogP contribution is -2.57. The average molecular weight is 461 g/mol. The summed E-state index contributed by atoms with van der Waals surface area (Å²) < 4.78 is 7.77. The third-order valence-electron chi connectivity index (χ3n) is 5.71. The normalized spacial score (nSPS) is 14.9. The Morgan fingerprint density at radius 2 is 2.03 bits per heavy atom. The lowest BCUT2D eigenvalue weighted by molar-refractivity contribution is 0.0928. The van der Waals surface area contributed by atoms with E-state index in [0.717, 1.165) is 18.7 Å². The lowest BCUT2D eigenvalue weighted by atomic mass is 10.1. The maximum Gasteiger partial charge on any atom is 0.223 e. The molecular weight excluding hydrogens is 432 g/mol. The minimum atomic E-state index is 0.322. The minimum absolute atomic E-state index is 0.322. The predicted molar refractivity (Wildman–Crippen MR) is 129 cm³/mol. The van der Waals surface area contributed by atoms with Crippen LogP contribution < -0.4 is 21.5 Å². The number of nitriles is 1. The minimum Gasteiger partial charge on any atom is -0.437 e. The summed E-state index contributed by atoms with van der Waals surface area (Å²) in [6.45, 7) is 3.62. The fourth-order valence-electron chi connectivity index (χ4n) is 3.52. The van der Waals surface area contributed by atoms with Crippen LogP contribution in [0.25, 0.3) is 11.2 Å². The lowest BCUT2D eigenvalue weighted by Gasteiger charge is -2.44. The number of likely N-dealkylation sites (tertiary alicyclic amines) is 1. The van der Waals surface area contributed by atoms with E-state index in [0.29, 0.717) is 51.9 Å². The number of rotatable bonds is 7. The summed E-state index contributed by atoms with van der Waals surface area (Å²) in [4.78, 5) is 17.3. The zero-order chi connectivity index (χ0) is 24.4. The van der Waals surface area contributed by atoms with E-state index in [-0.39, 0.29) is 0 Å². The third kappa shape index (κ3) is 4.72. The number of hydrogen-bond acceptors (Lipinski definition) is 10. The van der Waals surface area contributed by atoms with E-state index in [4.69, 9.17) is 21.5 Å². The Balaban J connectivity index is 1.56. The van der Waals surface area contributed by atoms with E-state index in [1.54, 1.807) is 35.2 Å². The molecule has 11 nitrogen and oxygen atoms in total. The highest BCUT2D eigenvalue weighted by Crippen LogP contribution is 2.30. The molecule has 1 fully saturated rings. The van der Waals surface area contributed by atoms with E-state index in [9.17, 15) is 0 Å². The molecule has 3 aromatic rings. The van der Waals surface area contributed by atoms with E-state index < -0.39 is 0 Å². The van der Waals surface area contributed by atoms with Gasteiger partial charge in [-0.15, -0.1) is 0 Å². The van der Waals surface area contributed by atoms with Crippen LogP contribution in [-0.4, -0.2) is 62.5 Å². The summed E-state index contributed by atoms with van der Waals surface area (Å²) in [6.07, 6.45) is 6.69. The molecule has 0 atom stereocenters. The fraction of sp³-hybridized carbons (Fsp3) is 0.304. The Hall–Kier alpha value is -4.30. The second kappa shape index (κ2) is 9.29. The first kappa shape index (κ1) is 22.9. The summed E-state index contributed by atoms with van der Waals surface area (Å²) in [5.74, 6) is 1.90. The van der Waals surface area contributed by atoms with Crippen molar-refractivity contribution in [3.05, 3.63) is 59.7 Å². The predicted octanol–water partition coefficient (Wildman–Crippen LogP) is 1.59. The maximum atomic E-state index is 9.03. The van der Waals surface area contributed by atoms with Crippen LogP contribution in [0.2, 0.25) is 0 Å². The molecule has 0 aliphatic carbocycles. The molecule has 176 valence electrons. The van der Waals surface area contributed by atoms with Gasteiger partial charge in [-0.25, -0.2) is 9.97 Å². The van der Waals surface area contributed by atoms with Gasteiger partial charge in [0.1, 0.15) is 23.1 Å². The van der Waals surface area contributed by atoms with E-state index in [1.807, 2.05) is 20.0 Å². The van der Waals surface area contributed by atoms with Gasteiger partial charge in [-0.3, -0.25) is 0 Å². The first-order valence-electron chi connectivity index (χ1n) is 10.7. The highest BCUT2D eigenvalue weighted by molar-refractivity contribution is 5.87. The van der Waals surface area contributed by atoms with Crippen LogP contribution in [0, 0.1) is 18.3 Å². The molecule has 11 heteroatoms. The molecule has 34 heavy (non-hydrogen) atoms. The van der Waals surface area contributed by atoms with Crippen LogP contribution in [0.15, 0.2) is 48.5 Å². The number of ether oxygens (including phenoxy) is 1. The van der Waals surface area contributed by atoms with Crippen LogP contribution in [0.4, 0.5) is 5.69 Å². The number of aromatic nitrogens is 4. The van der Waals surface area contributed by atoms with Crippen LogP contribution in [0.5, 0.6) is 11.6 Å². The Kier molecular flexibility index (Phi) is 6.25. The van der Waals surface area contributed by atoms with Gasteiger partial charge in [-0.2, -0.15) is 10.2 Å². The molecule has 4 heterocycles. The van der Waals surface area contributed by atoms with Crippen LogP contribution in [0.3, 0.4) is 0 Å². The van der Waals surface area contributed by atoms with Crippen molar-refractivity contribution in [2.75, 3.05) is 32.5 Å². The smallest absolute Gasteiger partial charge is 0.223 e. The van der Waals surface area contributed by atoms with Crippen molar-refractivity contribution < 1.29 is 4.74 Å². The zero-order valence-corrected chi connectivity index (χ0v) is 19.6. The number of allylic oxidation sites excluding steroid dienone is 2. The maximum absolute atomic E-state index is 9.03. The molecule has 1 aliphatic heterocycles. The first-order valence-corrected chi connectivity index (χ1v) is 10.7. The molecule has 0 saturated carbocycles. The number of imidazole rings is 1. The number of nitrogens with one attached hydrogen (secondary N) is 1. The quantitative estimate of drug-likeness (QED) is 0.444. The number of hydrogen-bond donors (Lipinski definition) is 3. The molecular formula is C23H28N10O. The van der Waals surface area contributed by atoms with E-state index in [2.05, 4.69) is 44.2 Å². The average Bonchev–Trinajstić information content (AvgIpc) is 3.13. The second-order valence-electron chi connectivity index (χ2n) is 8.45. The molecule has 0 amide bonds. The van der Waals surface area contributed by atoms with Gasteiger partial charge in [0.25, 0.3) is 0 Å². The van der Waals surface area contributed by atoms with Crippen LogP contribution >= 0.6 is 0 Å². The molecule has 0 radical (unpaired) electrons. The van der Waals surface area contributed by atoms with Gasteiger partial charge in [-0.1, -0.05) is 0 Å². The number of nitrogens with zero attached hydrogens (tertiary/aromatic N) is 7. The number of anilines is 1. The topological polar surface area (TPSA) is 147 Å². The van der Waals surface area contributed by atoms with Crippen molar-refractivity contribution in [3.8, 4) is 17.7 Å². The van der Waals surface area contributed by atoms with E-state index >= 15 is 0 Å². The molecule has 0 aromatic carbocycles. The summed E-state index contributed by atoms with van der Waals surface area (Å²) in [7, 11) is 5.98. The number of pyridine rings is 2. The van der Waals surface area contributed by atoms with Gasteiger partial charge >= 0.3 is 0 Å². The highest BCUT2D eigenvalue weighted by atomic mass is 16.5. The Morgan fingerprint density at radius 3 is 2.71 bits per heavy atom. The molecule has 5 N–H and O–H groups in total. The summed E-state index contributed by atoms with van der Waals surface area (Å²) in [5, 5.41) is 12.2. The fourth-order valence-corrected chi connectivity index (χ4v) is 3.52. The Labute approximate surface area is 197 Å². The molecule has 0 spiro atoms. The van der Waals surface area contributed by atoms with Crippen LogP contribution in [0.1, 0.15) is 11.3 Å². The monoisotopic (exact) mass is 460 g/mol. The third-order valence-corrected chi connectivity index (χ3v) is 5.71. The Bertz CT molecular complexity index is 1310. The van der Waals surface area contributed by atoms with Crippen molar-refractivity contribution >= 4 is 16.9 Å². The molecule has 1 aliphatic rings. The summed E-state index contributed by atoms with van der Waals surface area (Å²) in [6, 6.07) is 5.90. The number of fused-ring (bicyclic) bond motifs is 1. The van der Waals surface area contributed by atoms with Gasteiger partial charge in [0, 0.05) is 32.2 Å². The van der Waals surface area contributed by atoms with Crippen LogP contribution in [-0.2, 0) is 7.05 Å². The van der Waals surface area contributed by atoms with E-state index in [1.165, 1.54) is 6.20 Å². The zero-order valence-electron chi connectivity index (χ0n) is 19.6. The standard InChI is InChI=1S/C23H28N10O/c1-14-7-15(9-24)27-10-18(14)34-21-8-17(22-23(30-21)32(4)13-28-22)29-19(25)5-6-20(26)33-11-16(12-33)31(2)3/h5-8,10,13,16H,11-12,25-26H2,1-4H3,(H,29,30)/b19-5+,20-6+. The highest BCUT2D eigenvalue weighted by Gasteiger charge is 2.28. The van der Waals surface area contributed by atoms with Crippen molar-refractivity contribution in [1.29, 1.82) is 5.26 Å². The van der Waals surface area contributed by atoms with Gasteiger partial charge in [0.05, 0.1) is 24.0 Å². The second-order valence-corrected chi connectivity index (χ2v) is 8.45. The number of likely N-dealkylation sites (N-methyl/N-ethyl adjacent to an activating group) is 1. The summed E-state index contributed by atoms with van der Waals surface area (Å²) in [5.41, 5.74) is 15.4. The molecule has 3 aromatic heterocycles. The first-order chi connectivity index (χ1) is 16.2. The van der Waals surface area contributed by atoms with Crippen molar-refractivity contribution in [2.45, 2.75) is 13.0 Å². The largest absolute Gasteiger partial charge is 0.437 e. The molecule has 0 unspecified atom stereocenters. The van der Waals surface area contributed by atoms with Crippen molar-refractivity contribution in [2.24, 2.45) is 18.5 Å². The molecule has 1 saturated heterocycles. The SMILES string of the molecule is Cc1cc(C#N)ncc1Oc1cc(N/C(N)=C/C=C(\N)N2CC(N(C)C)C2)c2ncn(C)c2n1. The number of nitrogens with two attached hydrogens (primary N) is 2. The summed E-state index contributed by atoms with van der Waals surface area (Å²) >= 11 is 0. The van der Waals surface area contributed by atoms with Crippen molar-refractivity contribution in [1.82, 2.24) is 29.3 Å². The van der Waals surface area contributed by atoms with Gasteiger partial charge in [0.2, 0.25) is 5.88 Å². The van der Waals surface area contributed by atoms with Crippen molar-refractivity contribution in [3.63, 3.8) is 0 Å². The van der Waals surface area contributed by atoms with Gasteiger partial charge in [0.15, 0.2) is 11.4 Å². The molecule has 0 bridgehead atoms.